The van der Waals surface area contributed by atoms with E-state index in [1.54, 1.807) is 0 Å². The van der Waals surface area contributed by atoms with E-state index in [0.29, 0.717) is 0 Å². The summed E-state index contributed by atoms with van der Waals surface area (Å²) in [6, 6.07) is 3.94. The Bertz CT molecular complexity index is 552. The lowest BCUT2D eigenvalue weighted by Gasteiger charge is -2.28. The van der Waals surface area contributed by atoms with E-state index in [1.807, 2.05) is 6.92 Å². The Labute approximate surface area is 114 Å². The molecule has 0 unspecified atom stereocenters. The number of carboxylic acids is 1. The molecule has 19 heavy (non-hydrogen) atoms. The van der Waals surface area contributed by atoms with Gasteiger partial charge in [0.25, 0.3) is 0 Å². The molecule has 1 aliphatic heterocycles. The van der Waals surface area contributed by atoms with Crippen molar-refractivity contribution in [2.45, 2.75) is 19.8 Å². The van der Waals surface area contributed by atoms with Crippen LogP contribution in [0.25, 0.3) is 0 Å². The van der Waals surface area contributed by atoms with Crippen LogP contribution in [0.1, 0.15) is 30.1 Å². The summed E-state index contributed by atoms with van der Waals surface area (Å²) in [6.45, 7) is 1.84. The molecule has 1 fully saturated rings. The average Bonchev–Trinajstić information content (AvgIpc) is 2.29. The molecule has 1 N–H and O–H groups in total. The van der Waals surface area contributed by atoms with Gasteiger partial charge in [-0.15, -0.1) is 0 Å². The fourth-order valence-corrected chi connectivity index (χ4v) is 2.35. The van der Waals surface area contributed by atoms with E-state index in [9.17, 15) is 14.4 Å². The first kappa shape index (κ1) is 13.5. The second kappa shape index (κ2) is 5.01. The average molecular weight is 282 g/mol. The van der Waals surface area contributed by atoms with E-state index >= 15 is 0 Å². The van der Waals surface area contributed by atoms with Crippen LogP contribution < -0.4 is 4.90 Å². The normalized spacial score (nSPS) is 16.8. The lowest BCUT2D eigenvalue weighted by atomic mass is 9.97. The van der Waals surface area contributed by atoms with Crippen molar-refractivity contribution in [1.29, 1.82) is 0 Å². The maximum Gasteiger partial charge on any atom is 0.335 e. The van der Waals surface area contributed by atoms with Crippen LogP contribution in [0.3, 0.4) is 0 Å². The van der Waals surface area contributed by atoms with Crippen molar-refractivity contribution in [3.63, 3.8) is 0 Å². The number of carbonyl (C=O) groups is 3. The minimum Gasteiger partial charge on any atom is -0.478 e. The molecular weight excluding hydrogens is 270 g/mol. The molecular formula is C13H12ClNO4. The Hall–Kier alpha value is -1.88. The van der Waals surface area contributed by atoms with Crippen LogP contribution in [-0.4, -0.2) is 22.9 Å². The summed E-state index contributed by atoms with van der Waals surface area (Å²) in [6.07, 6.45) is 0.561. The standard InChI is InChI=1S/C13H12ClNO4/c1-7-4-11(16)15(12(17)5-7)10-3-2-8(13(18)19)6-9(10)14/h2-3,6-7H,4-5H2,1H3,(H,18,19). The molecule has 1 saturated heterocycles. The molecule has 1 aromatic carbocycles. The molecule has 100 valence electrons. The predicted octanol–water partition coefficient (Wildman–Crippen LogP) is 2.33. The Balaban J connectivity index is 2.39. The molecule has 5 nitrogen and oxygen atoms in total. The summed E-state index contributed by atoms with van der Waals surface area (Å²) >= 11 is 5.96. The monoisotopic (exact) mass is 281 g/mol. The first-order chi connectivity index (χ1) is 8.90. The first-order valence-electron chi connectivity index (χ1n) is 5.78. The molecule has 1 aliphatic rings. The molecule has 0 radical (unpaired) electrons. The van der Waals surface area contributed by atoms with Crippen LogP contribution >= 0.6 is 11.6 Å². The van der Waals surface area contributed by atoms with Gasteiger partial charge < -0.3 is 5.11 Å². The molecule has 1 aromatic rings. The SMILES string of the molecule is CC1CC(=O)N(c2ccc(C(=O)O)cc2Cl)C(=O)C1. The third kappa shape index (κ3) is 2.61. The van der Waals surface area contributed by atoms with E-state index in [1.165, 1.54) is 18.2 Å². The Morgan fingerprint density at radius 3 is 2.37 bits per heavy atom. The van der Waals surface area contributed by atoms with E-state index < -0.39 is 5.97 Å². The van der Waals surface area contributed by atoms with Crippen LogP contribution in [0.4, 0.5) is 5.69 Å². The number of aromatic carboxylic acids is 1. The van der Waals surface area contributed by atoms with Gasteiger partial charge in [-0.1, -0.05) is 18.5 Å². The predicted molar refractivity (Wildman–Crippen MR) is 69.3 cm³/mol. The number of halogens is 1. The number of carboxylic acid groups (broad SMARTS) is 1. The highest BCUT2D eigenvalue weighted by Crippen LogP contribution is 2.31. The van der Waals surface area contributed by atoms with Crippen LogP contribution in [0.5, 0.6) is 0 Å². The number of imide groups is 1. The van der Waals surface area contributed by atoms with E-state index in [2.05, 4.69) is 0 Å². The van der Waals surface area contributed by atoms with Gasteiger partial charge in [0.2, 0.25) is 11.8 Å². The molecule has 2 rings (SSSR count). The van der Waals surface area contributed by atoms with Crippen molar-refractivity contribution in [1.82, 2.24) is 0 Å². The number of hydrogen-bond donors (Lipinski definition) is 1. The highest BCUT2D eigenvalue weighted by atomic mass is 35.5. The zero-order chi connectivity index (χ0) is 14.2. The lowest BCUT2D eigenvalue weighted by molar-refractivity contribution is -0.130. The minimum atomic E-state index is -1.11. The molecule has 0 aromatic heterocycles. The number of anilines is 1. The van der Waals surface area contributed by atoms with Crippen LogP contribution in [0.2, 0.25) is 5.02 Å². The van der Waals surface area contributed by atoms with Gasteiger partial charge in [0.05, 0.1) is 16.3 Å². The smallest absolute Gasteiger partial charge is 0.335 e. The van der Waals surface area contributed by atoms with Gasteiger partial charge >= 0.3 is 5.97 Å². The Kier molecular flexibility index (Phi) is 3.57. The second-order valence-corrected chi connectivity index (χ2v) is 5.01. The highest BCUT2D eigenvalue weighted by Gasteiger charge is 2.32. The number of nitrogens with zero attached hydrogens (tertiary/aromatic N) is 1. The summed E-state index contributed by atoms with van der Waals surface area (Å²) in [7, 11) is 0. The maximum absolute atomic E-state index is 11.9. The van der Waals surface area contributed by atoms with Gasteiger partial charge in [-0.05, 0) is 24.1 Å². The molecule has 0 atom stereocenters. The van der Waals surface area contributed by atoms with E-state index in [4.69, 9.17) is 16.7 Å². The zero-order valence-electron chi connectivity index (χ0n) is 10.2. The molecule has 0 aliphatic carbocycles. The summed E-state index contributed by atoms with van der Waals surface area (Å²) in [5, 5.41) is 8.92. The van der Waals surface area contributed by atoms with Gasteiger partial charge in [-0.3, -0.25) is 9.59 Å². The van der Waals surface area contributed by atoms with Crippen molar-refractivity contribution in [2.75, 3.05) is 4.90 Å². The van der Waals surface area contributed by atoms with E-state index in [0.717, 1.165) is 4.90 Å². The van der Waals surface area contributed by atoms with Gasteiger partial charge in [0, 0.05) is 12.8 Å². The molecule has 1 heterocycles. The molecule has 0 saturated carbocycles. The van der Waals surface area contributed by atoms with Crippen LogP contribution in [-0.2, 0) is 9.59 Å². The number of carbonyl (C=O) groups excluding carboxylic acids is 2. The largest absolute Gasteiger partial charge is 0.478 e. The second-order valence-electron chi connectivity index (χ2n) is 4.61. The topological polar surface area (TPSA) is 74.7 Å². The molecule has 0 bridgehead atoms. The van der Waals surface area contributed by atoms with Crippen molar-refractivity contribution in [2.24, 2.45) is 5.92 Å². The molecule has 2 amide bonds. The van der Waals surface area contributed by atoms with Gasteiger partial charge in [-0.2, -0.15) is 0 Å². The van der Waals surface area contributed by atoms with Gasteiger partial charge in [-0.25, -0.2) is 9.69 Å². The minimum absolute atomic E-state index is 0.0130. The fraction of sp³-hybridized carbons (Fsp3) is 0.308. The fourth-order valence-electron chi connectivity index (χ4n) is 2.08. The summed E-state index contributed by atoms with van der Waals surface area (Å²) in [5.74, 6) is -1.71. The molecule has 6 heteroatoms. The van der Waals surface area contributed by atoms with Gasteiger partial charge in [0.15, 0.2) is 0 Å². The zero-order valence-corrected chi connectivity index (χ0v) is 11.0. The number of benzene rings is 1. The third-order valence-electron chi connectivity index (χ3n) is 2.98. The maximum atomic E-state index is 11.9. The first-order valence-corrected chi connectivity index (χ1v) is 6.16. The number of hydrogen-bond acceptors (Lipinski definition) is 3. The summed E-state index contributed by atoms with van der Waals surface area (Å²) < 4.78 is 0. The third-order valence-corrected chi connectivity index (χ3v) is 3.28. The Morgan fingerprint density at radius 2 is 1.89 bits per heavy atom. The van der Waals surface area contributed by atoms with Crippen molar-refractivity contribution in [3.8, 4) is 0 Å². The summed E-state index contributed by atoms with van der Waals surface area (Å²) in [5.41, 5.74) is 0.257. The van der Waals surface area contributed by atoms with E-state index in [-0.39, 0.29) is 46.8 Å². The van der Waals surface area contributed by atoms with Crippen molar-refractivity contribution >= 4 is 35.1 Å². The van der Waals surface area contributed by atoms with Crippen LogP contribution in [0.15, 0.2) is 18.2 Å². The molecule has 0 spiro atoms. The highest BCUT2D eigenvalue weighted by molar-refractivity contribution is 6.35. The van der Waals surface area contributed by atoms with Crippen molar-refractivity contribution in [3.05, 3.63) is 28.8 Å². The lowest BCUT2D eigenvalue weighted by Crippen LogP contribution is -2.43. The Morgan fingerprint density at radius 1 is 1.32 bits per heavy atom. The quantitative estimate of drug-likeness (QED) is 0.844. The van der Waals surface area contributed by atoms with Gasteiger partial charge in [0.1, 0.15) is 0 Å². The van der Waals surface area contributed by atoms with Crippen molar-refractivity contribution < 1.29 is 19.5 Å². The number of amides is 2. The number of rotatable bonds is 2. The van der Waals surface area contributed by atoms with Crippen LogP contribution in [0, 0.1) is 5.92 Å². The summed E-state index contributed by atoms with van der Waals surface area (Å²) in [4.78, 5) is 35.7. The number of piperidine rings is 1.